The number of nitrogens with two attached hydrogens (primary N) is 1. The van der Waals surface area contributed by atoms with Gasteiger partial charge in [-0.3, -0.25) is 4.79 Å². The van der Waals surface area contributed by atoms with E-state index in [0.717, 1.165) is 11.1 Å². The maximum absolute atomic E-state index is 11.5. The van der Waals surface area contributed by atoms with Crippen LogP contribution in [0.1, 0.15) is 25.0 Å². The van der Waals surface area contributed by atoms with Gasteiger partial charge in [0.25, 0.3) is 0 Å². The van der Waals surface area contributed by atoms with E-state index in [2.05, 4.69) is 5.32 Å². The summed E-state index contributed by atoms with van der Waals surface area (Å²) >= 11 is 0. The van der Waals surface area contributed by atoms with Crippen molar-refractivity contribution >= 4 is 17.3 Å². The van der Waals surface area contributed by atoms with Gasteiger partial charge in [0.05, 0.1) is 11.4 Å². The van der Waals surface area contributed by atoms with Crippen molar-refractivity contribution in [2.45, 2.75) is 27.7 Å². The van der Waals surface area contributed by atoms with E-state index in [1.165, 1.54) is 0 Å². The minimum atomic E-state index is -0.0361. The van der Waals surface area contributed by atoms with Crippen LogP contribution in [0.5, 0.6) is 0 Å². The Hall–Kier alpha value is -1.51. The van der Waals surface area contributed by atoms with Crippen LogP contribution < -0.4 is 11.1 Å². The van der Waals surface area contributed by atoms with Crippen molar-refractivity contribution < 1.29 is 4.79 Å². The van der Waals surface area contributed by atoms with E-state index in [0.29, 0.717) is 11.4 Å². The second-order valence-electron chi connectivity index (χ2n) is 4.17. The lowest BCUT2D eigenvalue weighted by atomic mass is 10.1. The van der Waals surface area contributed by atoms with Gasteiger partial charge in [-0.25, -0.2) is 0 Å². The van der Waals surface area contributed by atoms with E-state index < -0.39 is 0 Å². The van der Waals surface area contributed by atoms with Gasteiger partial charge in [-0.2, -0.15) is 0 Å². The number of nitrogen functional groups attached to an aromatic ring is 1. The van der Waals surface area contributed by atoms with Gasteiger partial charge in [0.1, 0.15) is 0 Å². The van der Waals surface area contributed by atoms with Gasteiger partial charge >= 0.3 is 0 Å². The summed E-state index contributed by atoms with van der Waals surface area (Å²) in [6.45, 7) is 7.71. The van der Waals surface area contributed by atoms with E-state index in [4.69, 9.17) is 5.73 Å². The summed E-state index contributed by atoms with van der Waals surface area (Å²) in [5.41, 5.74) is 9.41. The van der Waals surface area contributed by atoms with Crippen LogP contribution in [0.3, 0.4) is 0 Å². The first kappa shape index (κ1) is 11.6. The molecular weight excluding hydrogens is 188 g/mol. The van der Waals surface area contributed by atoms with Gasteiger partial charge in [0.2, 0.25) is 5.91 Å². The van der Waals surface area contributed by atoms with Gasteiger partial charge in [0.15, 0.2) is 0 Å². The third kappa shape index (κ3) is 2.72. The molecule has 1 aromatic rings. The molecule has 15 heavy (non-hydrogen) atoms. The Bertz CT molecular complexity index is 383. The molecule has 0 saturated carbocycles. The molecule has 0 aliphatic carbocycles. The zero-order chi connectivity index (χ0) is 11.6. The highest BCUT2D eigenvalue weighted by atomic mass is 16.1. The maximum Gasteiger partial charge on any atom is 0.226 e. The van der Waals surface area contributed by atoms with Crippen molar-refractivity contribution in [2.75, 3.05) is 11.1 Å². The van der Waals surface area contributed by atoms with E-state index in [9.17, 15) is 4.79 Å². The summed E-state index contributed by atoms with van der Waals surface area (Å²) in [4.78, 5) is 11.5. The molecule has 1 amide bonds. The van der Waals surface area contributed by atoms with Gasteiger partial charge < -0.3 is 11.1 Å². The van der Waals surface area contributed by atoms with E-state index in [1.807, 2.05) is 39.8 Å². The summed E-state index contributed by atoms with van der Waals surface area (Å²) in [5, 5.41) is 2.81. The lowest BCUT2D eigenvalue weighted by molar-refractivity contribution is -0.118. The molecule has 0 aromatic heterocycles. The first-order chi connectivity index (χ1) is 6.91. The third-order valence-corrected chi connectivity index (χ3v) is 2.45. The number of hydrogen-bond donors (Lipinski definition) is 2. The number of benzene rings is 1. The molecule has 0 heterocycles. The van der Waals surface area contributed by atoms with Crippen molar-refractivity contribution in [3.05, 3.63) is 23.3 Å². The smallest absolute Gasteiger partial charge is 0.226 e. The zero-order valence-electron chi connectivity index (χ0n) is 9.72. The Labute approximate surface area is 90.7 Å². The lowest BCUT2D eigenvalue weighted by Gasteiger charge is -2.12. The zero-order valence-corrected chi connectivity index (χ0v) is 9.72. The van der Waals surface area contributed by atoms with Crippen LogP contribution in [0, 0.1) is 19.8 Å². The fourth-order valence-corrected chi connectivity index (χ4v) is 1.22. The van der Waals surface area contributed by atoms with Crippen LogP contribution in [0.15, 0.2) is 12.1 Å². The molecule has 3 heteroatoms. The van der Waals surface area contributed by atoms with Gasteiger partial charge in [-0.05, 0) is 37.1 Å². The second kappa shape index (κ2) is 4.34. The molecule has 0 saturated heterocycles. The van der Waals surface area contributed by atoms with Crippen LogP contribution >= 0.6 is 0 Å². The number of carbonyl (C=O) groups excluding carboxylic acids is 1. The van der Waals surface area contributed by atoms with E-state index in [-0.39, 0.29) is 11.8 Å². The minimum Gasteiger partial charge on any atom is -0.397 e. The first-order valence-corrected chi connectivity index (χ1v) is 5.09. The van der Waals surface area contributed by atoms with E-state index >= 15 is 0 Å². The van der Waals surface area contributed by atoms with Crippen LogP contribution in [-0.4, -0.2) is 5.91 Å². The summed E-state index contributed by atoms with van der Waals surface area (Å²) < 4.78 is 0. The lowest BCUT2D eigenvalue weighted by Crippen LogP contribution is -2.18. The standard InChI is InChI=1S/C12H18N2O/c1-7(2)12(15)14-11-6-9(4)8(3)5-10(11)13/h5-7H,13H2,1-4H3,(H,14,15). The van der Waals surface area contributed by atoms with Crippen LogP contribution in [-0.2, 0) is 4.79 Å². The molecule has 0 radical (unpaired) electrons. The summed E-state index contributed by atoms with van der Waals surface area (Å²) in [6, 6.07) is 3.79. The molecule has 1 rings (SSSR count). The Morgan fingerprint density at radius 2 is 1.80 bits per heavy atom. The highest BCUT2D eigenvalue weighted by molar-refractivity contribution is 5.95. The second-order valence-corrected chi connectivity index (χ2v) is 4.17. The molecule has 0 unspecified atom stereocenters. The normalized spacial score (nSPS) is 10.5. The molecule has 3 N–H and O–H groups in total. The molecule has 82 valence electrons. The highest BCUT2D eigenvalue weighted by Gasteiger charge is 2.09. The molecule has 3 nitrogen and oxygen atoms in total. The van der Waals surface area contributed by atoms with Gasteiger partial charge in [0, 0.05) is 5.92 Å². The van der Waals surface area contributed by atoms with Crippen LogP contribution in [0.4, 0.5) is 11.4 Å². The monoisotopic (exact) mass is 206 g/mol. The molecule has 0 atom stereocenters. The van der Waals surface area contributed by atoms with Crippen LogP contribution in [0.2, 0.25) is 0 Å². The Morgan fingerprint density at radius 1 is 1.27 bits per heavy atom. The Morgan fingerprint density at radius 3 is 2.33 bits per heavy atom. The predicted molar refractivity (Wildman–Crippen MR) is 63.8 cm³/mol. The fourth-order valence-electron chi connectivity index (χ4n) is 1.22. The molecule has 0 aliphatic heterocycles. The van der Waals surface area contributed by atoms with Crippen molar-refractivity contribution in [2.24, 2.45) is 5.92 Å². The van der Waals surface area contributed by atoms with Crippen molar-refractivity contribution in [1.29, 1.82) is 0 Å². The summed E-state index contributed by atoms with van der Waals surface area (Å²) in [6.07, 6.45) is 0. The molecule has 0 aliphatic rings. The number of hydrogen-bond acceptors (Lipinski definition) is 2. The third-order valence-electron chi connectivity index (χ3n) is 2.45. The molecule has 1 aromatic carbocycles. The minimum absolute atomic E-state index is 0.00930. The average Bonchev–Trinajstić information content (AvgIpc) is 2.13. The van der Waals surface area contributed by atoms with E-state index in [1.54, 1.807) is 0 Å². The molecular formula is C12H18N2O. The van der Waals surface area contributed by atoms with Gasteiger partial charge in [-0.15, -0.1) is 0 Å². The van der Waals surface area contributed by atoms with Crippen molar-refractivity contribution in [3.63, 3.8) is 0 Å². The molecule has 0 bridgehead atoms. The SMILES string of the molecule is Cc1cc(N)c(NC(=O)C(C)C)cc1C. The largest absolute Gasteiger partial charge is 0.397 e. The van der Waals surface area contributed by atoms with Crippen molar-refractivity contribution in [3.8, 4) is 0 Å². The number of rotatable bonds is 2. The fraction of sp³-hybridized carbons (Fsp3) is 0.417. The average molecular weight is 206 g/mol. The number of anilines is 2. The number of carbonyl (C=O) groups is 1. The predicted octanol–water partition coefficient (Wildman–Crippen LogP) is 2.48. The molecule has 0 spiro atoms. The Kier molecular flexibility index (Phi) is 3.35. The van der Waals surface area contributed by atoms with Crippen molar-refractivity contribution in [1.82, 2.24) is 0 Å². The maximum atomic E-state index is 11.5. The Balaban J connectivity index is 2.96. The highest BCUT2D eigenvalue weighted by Crippen LogP contribution is 2.23. The van der Waals surface area contributed by atoms with Gasteiger partial charge in [-0.1, -0.05) is 13.8 Å². The molecule has 0 fully saturated rings. The number of nitrogens with one attached hydrogen (secondary N) is 1. The summed E-state index contributed by atoms with van der Waals surface area (Å²) in [7, 11) is 0. The number of aryl methyl sites for hydroxylation is 2. The summed E-state index contributed by atoms with van der Waals surface area (Å²) in [5.74, 6) is -0.0454. The van der Waals surface area contributed by atoms with Crippen LogP contribution in [0.25, 0.3) is 0 Å². The first-order valence-electron chi connectivity index (χ1n) is 5.09. The quantitative estimate of drug-likeness (QED) is 0.730. The topological polar surface area (TPSA) is 55.1 Å². The number of amides is 1.